The molecule has 1 heterocycles. The maximum Gasteiger partial charge on any atom is 0.312 e. The lowest BCUT2D eigenvalue weighted by atomic mass is 10.2. The molecule has 0 aliphatic carbocycles. The van der Waals surface area contributed by atoms with Crippen LogP contribution in [-0.4, -0.2) is 61.4 Å². The number of nitrogens with zero attached hydrogens (tertiary/aromatic N) is 2. The van der Waals surface area contributed by atoms with Gasteiger partial charge in [0.05, 0.1) is 0 Å². The molecule has 1 aliphatic heterocycles. The van der Waals surface area contributed by atoms with Gasteiger partial charge in [-0.25, -0.2) is 0 Å². The smallest absolute Gasteiger partial charge is 0.312 e. The van der Waals surface area contributed by atoms with Crippen molar-refractivity contribution in [1.29, 1.82) is 0 Å². The second-order valence-corrected chi connectivity index (χ2v) is 3.87. The lowest BCUT2D eigenvalue weighted by molar-refractivity contribution is -0.155. The van der Waals surface area contributed by atoms with Crippen LogP contribution < -0.4 is 5.32 Å². The zero-order valence-electron chi connectivity index (χ0n) is 9.62. The highest BCUT2D eigenvalue weighted by molar-refractivity contribution is 6.35. The van der Waals surface area contributed by atoms with E-state index in [0.29, 0.717) is 19.6 Å². The summed E-state index contributed by atoms with van der Waals surface area (Å²) in [5.41, 5.74) is 0. The van der Waals surface area contributed by atoms with Crippen LogP contribution in [-0.2, 0) is 9.59 Å². The molecule has 0 bridgehead atoms. The van der Waals surface area contributed by atoms with E-state index in [0.717, 1.165) is 6.42 Å². The summed E-state index contributed by atoms with van der Waals surface area (Å²) in [7, 11) is 3.53. The van der Waals surface area contributed by atoms with Gasteiger partial charge in [0.25, 0.3) is 0 Å². The van der Waals surface area contributed by atoms with Crippen LogP contribution >= 0.6 is 0 Å². The third kappa shape index (κ3) is 2.68. The highest BCUT2D eigenvalue weighted by Gasteiger charge is 2.30. The normalized spacial score (nSPS) is 19.7. The summed E-state index contributed by atoms with van der Waals surface area (Å²) in [4.78, 5) is 26.1. The number of carbonyl (C=O) groups is 2. The molecule has 0 spiro atoms. The molecule has 86 valence electrons. The lowest BCUT2D eigenvalue weighted by Gasteiger charge is -2.33. The molecule has 5 heteroatoms. The molecule has 1 saturated heterocycles. The average Bonchev–Trinajstić information content (AvgIpc) is 2.25. The summed E-state index contributed by atoms with van der Waals surface area (Å²) in [6.45, 7) is 3.94. The second kappa shape index (κ2) is 5.11. The van der Waals surface area contributed by atoms with Gasteiger partial charge in [-0.2, -0.15) is 0 Å². The molecule has 0 aromatic carbocycles. The SMILES string of the molecule is CCC(CN1CCN(C)C(=O)C1=O)NC. The van der Waals surface area contributed by atoms with E-state index in [2.05, 4.69) is 12.2 Å². The predicted molar refractivity (Wildman–Crippen MR) is 57.4 cm³/mol. The lowest BCUT2D eigenvalue weighted by Crippen LogP contribution is -2.55. The summed E-state index contributed by atoms with van der Waals surface area (Å²) < 4.78 is 0. The fraction of sp³-hybridized carbons (Fsp3) is 0.800. The van der Waals surface area contributed by atoms with Crippen molar-refractivity contribution in [3.05, 3.63) is 0 Å². The van der Waals surface area contributed by atoms with Crippen molar-refractivity contribution >= 4 is 11.8 Å². The standard InChI is InChI=1S/C10H19N3O2/c1-4-8(11-2)7-13-6-5-12(3)9(14)10(13)15/h8,11H,4-7H2,1-3H3. The van der Waals surface area contributed by atoms with Crippen LogP contribution in [0.5, 0.6) is 0 Å². The van der Waals surface area contributed by atoms with Gasteiger partial charge in [0.15, 0.2) is 0 Å². The number of hydrogen-bond acceptors (Lipinski definition) is 3. The van der Waals surface area contributed by atoms with Gasteiger partial charge in [-0.05, 0) is 13.5 Å². The van der Waals surface area contributed by atoms with Gasteiger partial charge < -0.3 is 15.1 Å². The van der Waals surface area contributed by atoms with E-state index >= 15 is 0 Å². The van der Waals surface area contributed by atoms with E-state index in [9.17, 15) is 9.59 Å². The Bertz CT molecular complexity index is 251. The molecule has 5 nitrogen and oxygen atoms in total. The third-order valence-electron chi connectivity index (χ3n) is 2.86. The van der Waals surface area contributed by atoms with Crippen LogP contribution in [0.3, 0.4) is 0 Å². The van der Waals surface area contributed by atoms with E-state index in [4.69, 9.17) is 0 Å². The summed E-state index contributed by atoms with van der Waals surface area (Å²) in [5, 5.41) is 3.13. The molecular formula is C10H19N3O2. The molecule has 0 aromatic rings. The summed E-state index contributed by atoms with van der Waals surface area (Å²) in [5.74, 6) is -0.773. The molecule has 2 amide bonds. The van der Waals surface area contributed by atoms with Crippen LogP contribution in [0.1, 0.15) is 13.3 Å². The zero-order valence-corrected chi connectivity index (χ0v) is 9.62. The number of likely N-dealkylation sites (N-methyl/N-ethyl adjacent to an activating group) is 2. The van der Waals surface area contributed by atoms with Crippen LogP contribution in [0, 0.1) is 0 Å². The minimum atomic E-state index is -0.396. The van der Waals surface area contributed by atoms with Crippen LogP contribution in [0.15, 0.2) is 0 Å². The van der Waals surface area contributed by atoms with Crippen molar-refractivity contribution in [2.45, 2.75) is 19.4 Å². The first-order valence-electron chi connectivity index (χ1n) is 5.31. The second-order valence-electron chi connectivity index (χ2n) is 3.87. The zero-order chi connectivity index (χ0) is 11.4. The molecule has 0 radical (unpaired) electrons. The van der Waals surface area contributed by atoms with Crippen molar-refractivity contribution in [2.75, 3.05) is 33.7 Å². The Balaban J connectivity index is 2.56. The van der Waals surface area contributed by atoms with Crippen LogP contribution in [0.4, 0.5) is 0 Å². The summed E-state index contributed by atoms with van der Waals surface area (Å²) >= 11 is 0. The monoisotopic (exact) mass is 213 g/mol. The van der Waals surface area contributed by atoms with Gasteiger partial charge in [-0.15, -0.1) is 0 Å². The topological polar surface area (TPSA) is 52.7 Å². The fourth-order valence-corrected chi connectivity index (χ4v) is 1.64. The molecule has 1 rings (SSSR count). The van der Waals surface area contributed by atoms with E-state index in [-0.39, 0.29) is 11.9 Å². The van der Waals surface area contributed by atoms with E-state index in [1.807, 2.05) is 7.05 Å². The van der Waals surface area contributed by atoms with Gasteiger partial charge in [-0.3, -0.25) is 9.59 Å². The molecule has 1 unspecified atom stereocenters. The minimum Gasteiger partial charge on any atom is -0.336 e. The fourth-order valence-electron chi connectivity index (χ4n) is 1.64. The average molecular weight is 213 g/mol. The van der Waals surface area contributed by atoms with E-state index in [1.165, 1.54) is 4.90 Å². The largest absolute Gasteiger partial charge is 0.336 e. The van der Waals surface area contributed by atoms with Gasteiger partial charge in [0.2, 0.25) is 0 Å². The maximum atomic E-state index is 11.6. The van der Waals surface area contributed by atoms with Gasteiger partial charge in [0.1, 0.15) is 0 Å². The Morgan fingerprint density at radius 1 is 1.33 bits per heavy atom. The number of amides is 2. The quantitative estimate of drug-likeness (QED) is 0.627. The number of nitrogens with one attached hydrogen (secondary N) is 1. The Labute approximate surface area is 90.4 Å². The molecule has 1 fully saturated rings. The number of carbonyl (C=O) groups excluding carboxylic acids is 2. The van der Waals surface area contributed by atoms with E-state index < -0.39 is 5.91 Å². The van der Waals surface area contributed by atoms with Gasteiger partial charge >= 0.3 is 11.8 Å². The number of hydrogen-bond donors (Lipinski definition) is 1. The minimum absolute atomic E-state index is 0.269. The first-order valence-corrected chi connectivity index (χ1v) is 5.31. The first kappa shape index (κ1) is 12.0. The Morgan fingerprint density at radius 3 is 2.53 bits per heavy atom. The molecule has 0 saturated carbocycles. The highest BCUT2D eigenvalue weighted by Crippen LogP contribution is 2.05. The number of rotatable bonds is 4. The first-order chi connectivity index (χ1) is 7.10. The van der Waals surface area contributed by atoms with Crippen molar-refractivity contribution in [3.8, 4) is 0 Å². The molecular weight excluding hydrogens is 194 g/mol. The molecule has 1 atom stereocenters. The van der Waals surface area contributed by atoms with Crippen molar-refractivity contribution in [1.82, 2.24) is 15.1 Å². The molecule has 1 aliphatic rings. The Kier molecular flexibility index (Phi) is 4.08. The Morgan fingerprint density at radius 2 is 2.00 bits per heavy atom. The molecule has 15 heavy (non-hydrogen) atoms. The maximum absolute atomic E-state index is 11.6. The van der Waals surface area contributed by atoms with Gasteiger partial charge in [0, 0.05) is 32.7 Å². The van der Waals surface area contributed by atoms with Crippen LogP contribution in [0.2, 0.25) is 0 Å². The Hall–Kier alpha value is -1.10. The van der Waals surface area contributed by atoms with Crippen molar-refractivity contribution in [3.63, 3.8) is 0 Å². The van der Waals surface area contributed by atoms with Crippen LogP contribution in [0.25, 0.3) is 0 Å². The number of piperazine rings is 1. The summed E-state index contributed by atoms with van der Waals surface area (Å²) in [6.07, 6.45) is 0.949. The predicted octanol–water partition coefficient (Wildman–Crippen LogP) is -0.715. The third-order valence-corrected chi connectivity index (χ3v) is 2.86. The van der Waals surface area contributed by atoms with E-state index in [1.54, 1.807) is 11.9 Å². The van der Waals surface area contributed by atoms with Crippen molar-refractivity contribution in [2.24, 2.45) is 0 Å². The highest BCUT2D eigenvalue weighted by atomic mass is 16.2. The molecule has 0 aromatic heterocycles. The molecule has 1 N–H and O–H groups in total. The van der Waals surface area contributed by atoms with Gasteiger partial charge in [-0.1, -0.05) is 6.92 Å². The summed E-state index contributed by atoms with van der Waals surface area (Å²) in [6, 6.07) is 0.269. The van der Waals surface area contributed by atoms with Crippen molar-refractivity contribution < 1.29 is 9.59 Å².